The highest BCUT2D eigenvalue weighted by Crippen LogP contribution is 2.19. The van der Waals surface area contributed by atoms with Crippen molar-refractivity contribution in [1.82, 2.24) is 10.3 Å². The number of carbonyl (C=O) groups excluding carboxylic acids is 2. The second-order valence-electron chi connectivity index (χ2n) is 7.55. The number of nitrogens with one attached hydrogen (secondary N) is 2. The average molecular weight is 434 g/mol. The molecule has 0 saturated carbocycles. The molecule has 0 aliphatic carbocycles. The highest BCUT2D eigenvalue weighted by atomic mass is 16.5. The predicted octanol–water partition coefficient (Wildman–Crippen LogP) is 4.06. The lowest BCUT2D eigenvalue weighted by atomic mass is 10.0. The Labute approximate surface area is 187 Å². The lowest BCUT2D eigenvalue weighted by Gasteiger charge is -2.22. The number of hydrogen-bond acceptors (Lipinski definition) is 5. The minimum atomic E-state index is -0.706. The Morgan fingerprint density at radius 2 is 1.75 bits per heavy atom. The van der Waals surface area contributed by atoms with Gasteiger partial charge in [0.1, 0.15) is 24.1 Å². The summed E-state index contributed by atoms with van der Waals surface area (Å²) in [6, 6.07) is 18.8. The quantitative estimate of drug-likeness (QED) is 0.531. The number of aromatic nitrogens is 1. The van der Waals surface area contributed by atoms with Crippen molar-refractivity contribution in [2.24, 2.45) is 5.92 Å². The molecule has 0 bridgehead atoms. The molecule has 0 aliphatic heterocycles. The van der Waals surface area contributed by atoms with E-state index < -0.39 is 6.04 Å². The SMILES string of the molecule is COc1ccc(C(=O)NC(C(=O)Nc2cccc(OCc3ccccn3)c2)C(C)C)cc1. The Balaban J connectivity index is 1.63. The first kappa shape index (κ1) is 22.8. The van der Waals surface area contributed by atoms with Gasteiger partial charge < -0.3 is 20.1 Å². The van der Waals surface area contributed by atoms with Gasteiger partial charge in [-0.3, -0.25) is 14.6 Å². The topological polar surface area (TPSA) is 89.5 Å². The van der Waals surface area contributed by atoms with Gasteiger partial charge in [0.05, 0.1) is 12.8 Å². The molecule has 2 aromatic carbocycles. The zero-order valence-electron chi connectivity index (χ0n) is 18.4. The summed E-state index contributed by atoms with van der Waals surface area (Å²) in [7, 11) is 1.56. The summed E-state index contributed by atoms with van der Waals surface area (Å²) in [5, 5.41) is 5.69. The van der Waals surface area contributed by atoms with Crippen molar-refractivity contribution in [1.29, 1.82) is 0 Å². The van der Waals surface area contributed by atoms with Crippen molar-refractivity contribution < 1.29 is 19.1 Å². The maximum absolute atomic E-state index is 12.9. The molecule has 0 aliphatic rings. The first-order valence-electron chi connectivity index (χ1n) is 10.3. The van der Waals surface area contributed by atoms with Crippen molar-refractivity contribution in [2.45, 2.75) is 26.5 Å². The molecular formula is C25H27N3O4. The van der Waals surface area contributed by atoms with Gasteiger partial charge in [-0.1, -0.05) is 26.0 Å². The molecule has 0 spiro atoms. The van der Waals surface area contributed by atoms with Crippen LogP contribution in [0.4, 0.5) is 5.69 Å². The van der Waals surface area contributed by atoms with Crippen LogP contribution in [0.1, 0.15) is 29.9 Å². The fourth-order valence-corrected chi connectivity index (χ4v) is 3.03. The molecule has 0 saturated heterocycles. The predicted molar refractivity (Wildman–Crippen MR) is 123 cm³/mol. The average Bonchev–Trinajstić information content (AvgIpc) is 2.81. The number of ether oxygens (including phenoxy) is 2. The fraction of sp³-hybridized carbons (Fsp3) is 0.240. The number of nitrogens with zero attached hydrogens (tertiary/aromatic N) is 1. The van der Waals surface area contributed by atoms with Crippen molar-refractivity contribution in [3.63, 3.8) is 0 Å². The Kier molecular flexibility index (Phi) is 7.80. The Morgan fingerprint density at radius 1 is 0.969 bits per heavy atom. The number of benzene rings is 2. The first-order chi connectivity index (χ1) is 15.5. The molecule has 0 radical (unpaired) electrons. The molecule has 1 heterocycles. The molecule has 1 atom stereocenters. The summed E-state index contributed by atoms with van der Waals surface area (Å²) in [5.74, 6) is 0.528. The summed E-state index contributed by atoms with van der Waals surface area (Å²) in [4.78, 5) is 29.8. The number of methoxy groups -OCH3 is 1. The van der Waals surface area contributed by atoms with Crippen molar-refractivity contribution in [2.75, 3.05) is 12.4 Å². The van der Waals surface area contributed by atoms with Gasteiger partial charge >= 0.3 is 0 Å². The van der Waals surface area contributed by atoms with Gasteiger partial charge in [0.15, 0.2) is 0 Å². The number of anilines is 1. The number of rotatable bonds is 9. The van der Waals surface area contributed by atoms with Gasteiger partial charge in [-0.2, -0.15) is 0 Å². The first-order valence-corrected chi connectivity index (χ1v) is 10.3. The maximum Gasteiger partial charge on any atom is 0.251 e. The Bertz CT molecular complexity index is 1040. The zero-order valence-corrected chi connectivity index (χ0v) is 18.4. The number of amides is 2. The van der Waals surface area contributed by atoms with Crippen LogP contribution in [0, 0.1) is 5.92 Å². The summed E-state index contributed by atoms with van der Waals surface area (Å²) < 4.78 is 10.9. The van der Waals surface area contributed by atoms with Crippen molar-refractivity contribution in [3.05, 3.63) is 84.2 Å². The summed E-state index contributed by atoms with van der Waals surface area (Å²) in [5.41, 5.74) is 1.84. The van der Waals surface area contributed by atoms with Crippen LogP contribution >= 0.6 is 0 Å². The van der Waals surface area contributed by atoms with Gasteiger partial charge in [-0.25, -0.2) is 0 Å². The van der Waals surface area contributed by atoms with E-state index in [4.69, 9.17) is 9.47 Å². The molecule has 7 heteroatoms. The molecule has 2 N–H and O–H groups in total. The summed E-state index contributed by atoms with van der Waals surface area (Å²) in [6.45, 7) is 4.08. The molecule has 3 rings (SSSR count). The van der Waals surface area contributed by atoms with Crippen LogP contribution in [0.5, 0.6) is 11.5 Å². The second kappa shape index (κ2) is 10.9. The van der Waals surface area contributed by atoms with Crippen molar-refractivity contribution >= 4 is 17.5 Å². The van der Waals surface area contributed by atoms with E-state index in [2.05, 4.69) is 15.6 Å². The van der Waals surface area contributed by atoms with E-state index in [1.54, 1.807) is 55.8 Å². The van der Waals surface area contributed by atoms with E-state index in [-0.39, 0.29) is 17.7 Å². The normalized spacial score (nSPS) is 11.5. The standard InChI is InChI=1S/C25H27N3O4/c1-17(2)23(28-24(29)18-10-12-21(31-3)13-11-18)25(30)27-19-8-6-9-22(15-19)32-16-20-7-4-5-14-26-20/h4-15,17,23H,16H2,1-3H3,(H,27,30)(H,28,29). The van der Waals surface area contributed by atoms with Gasteiger partial charge in [0.25, 0.3) is 5.91 Å². The fourth-order valence-electron chi connectivity index (χ4n) is 3.03. The van der Waals surface area contributed by atoms with Gasteiger partial charge in [-0.15, -0.1) is 0 Å². The lowest BCUT2D eigenvalue weighted by Crippen LogP contribution is -2.47. The molecular weight excluding hydrogens is 406 g/mol. The third kappa shape index (κ3) is 6.31. The van der Waals surface area contributed by atoms with Crippen LogP contribution < -0.4 is 20.1 Å². The van der Waals surface area contributed by atoms with Crippen LogP contribution in [0.3, 0.4) is 0 Å². The van der Waals surface area contributed by atoms with E-state index >= 15 is 0 Å². The molecule has 1 unspecified atom stereocenters. The van der Waals surface area contributed by atoms with Gasteiger partial charge in [0, 0.05) is 23.5 Å². The van der Waals surface area contributed by atoms with E-state index in [1.165, 1.54) is 0 Å². The zero-order chi connectivity index (χ0) is 22.9. The molecule has 166 valence electrons. The third-order valence-electron chi connectivity index (χ3n) is 4.80. The van der Waals surface area contributed by atoms with Crippen LogP contribution in [0.2, 0.25) is 0 Å². The highest BCUT2D eigenvalue weighted by Gasteiger charge is 2.25. The maximum atomic E-state index is 12.9. The highest BCUT2D eigenvalue weighted by molar-refractivity contribution is 6.01. The van der Waals surface area contributed by atoms with E-state index in [0.29, 0.717) is 29.4 Å². The molecule has 1 aromatic heterocycles. The number of pyridine rings is 1. The lowest BCUT2D eigenvalue weighted by molar-refractivity contribution is -0.118. The minimum absolute atomic E-state index is 0.110. The Morgan fingerprint density at radius 3 is 2.41 bits per heavy atom. The molecule has 3 aromatic rings. The van der Waals surface area contributed by atoms with E-state index in [1.807, 2.05) is 38.1 Å². The van der Waals surface area contributed by atoms with Gasteiger partial charge in [-0.05, 0) is 54.4 Å². The molecule has 7 nitrogen and oxygen atoms in total. The Hall–Kier alpha value is -3.87. The number of carbonyl (C=O) groups is 2. The molecule has 32 heavy (non-hydrogen) atoms. The molecule has 2 amide bonds. The smallest absolute Gasteiger partial charge is 0.251 e. The van der Waals surface area contributed by atoms with E-state index in [0.717, 1.165) is 5.69 Å². The van der Waals surface area contributed by atoms with Crippen LogP contribution in [-0.4, -0.2) is 29.9 Å². The largest absolute Gasteiger partial charge is 0.497 e. The van der Waals surface area contributed by atoms with Crippen molar-refractivity contribution in [3.8, 4) is 11.5 Å². The van der Waals surface area contributed by atoms with Gasteiger partial charge in [0.2, 0.25) is 5.91 Å². The molecule has 0 fully saturated rings. The number of hydrogen-bond donors (Lipinski definition) is 2. The van der Waals surface area contributed by atoms with Crippen LogP contribution in [0.15, 0.2) is 72.9 Å². The summed E-state index contributed by atoms with van der Waals surface area (Å²) >= 11 is 0. The summed E-state index contributed by atoms with van der Waals surface area (Å²) in [6.07, 6.45) is 1.71. The monoisotopic (exact) mass is 433 g/mol. The van der Waals surface area contributed by atoms with Crippen LogP contribution in [0.25, 0.3) is 0 Å². The second-order valence-corrected chi connectivity index (χ2v) is 7.55. The minimum Gasteiger partial charge on any atom is -0.497 e. The van der Waals surface area contributed by atoms with Crippen LogP contribution in [-0.2, 0) is 11.4 Å². The van der Waals surface area contributed by atoms with E-state index in [9.17, 15) is 9.59 Å². The third-order valence-corrected chi connectivity index (χ3v) is 4.80.